The fourth-order valence-electron chi connectivity index (χ4n) is 1.70. The quantitative estimate of drug-likeness (QED) is 0.563. The molecule has 0 bridgehead atoms. The molecule has 0 saturated heterocycles. The first kappa shape index (κ1) is 10.4. The van der Waals surface area contributed by atoms with E-state index in [1.54, 1.807) is 0 Å². The first-order valence-corrected chi connectivity index (χ1v) is 5.04. The topological polar surface area (TPSA) is 26.3 Å². The first-order valence-electron chi connectivity index (χ1n) is 5.04. The van der Waals surface area contributed by atoms with Gasteiger partial charge in [-0.2, -0.15) is 0 Å². The lowest BCUT2D eigenvalue weighted by molar-refractivity contribution is -0.134. The number of rotatable bonds is 2. The highest BCUT2D eigenvalue weighted by Gasteiger charge is 2.06. The van der Waals surface area contributed by atoms with E-state index in [-0.39, 0.29) is 5.97 Å². The van der Waals surface area contributed by atoms with Gasteiger partial charge in [-0.15, -0.1) is 0 Å². The van der Waals surface area contributed by atoms with Crippen LogP contribution < -0.4 is 0 Å². The lowest BCUT2D eigenvalue weighted by Crippen LogP contribution is -1.97. The molecule has 2 nitrogen and oxygen atoms in total. The molecule has 0 amide bonds. The molecule has 2 rings (SSSR count). The minimum absolute atomic E-state index is 0.349. The second kappa shape index (κ2) is 4.19. The van der Waals surface area contributed by atoms with Crippen LogP contribution in [0.1, 0.15) is 12.5 Å². The molecular formula is C14H12O2. The Bertz CT molecular complexity index is 550. The minimum Gasteiger partial charge on any atom is -0.427 e. The highest BCUT2D eigenvalue weighted by Crippen LogP contribution is 2.24. The summed E-state index contributed by atoms with van der Waals surface area (Å²) in [6, 6.07) is 13.8. The summed E-state index contributed by atoms with van der Waals surface area (Å²) in [5.41, 5.74) is 0.855. The molecule has 16 heavy (non-hydrogen) atoms. The van der Waals surface area contributed by atoms with Crippen molar-refractivity contribution >= 4 is 22.5 Å². The van der Waals surface area contributed by atoms with Gasteiger partial charge in [0, 0.05) is 12.5 Å². The molecule has 80 valence electrons. The van der Waals surface area contributed by atoms with Gasteiger partial charge in [0.05, 0.1) is 0 Å². The van der Waals surface area contributed by atoms with Crippen LogP contribution in [0.5, 0.6) is 0 Å². The van der Waals surface area contributed by atoms with Crippen LogP contribution in [-0.4, -0.2) is 5.97 Å². The van der Waals surface area contributed by atoms with E-state index in [1.807, 2.05) is 42.5 Å². The molecule has 0 aliphatic heterocycles. The van der Waals surface area contributed by atoms with Gasteiger partial charge in [0.15, 0.2) is 0 Å². The number of carbonyl (C=O) groups is 1. The summed E-state index contributed by atoms with van der Waals surface area (Å²) in [5, 5.41) is 2.14. The van der Waals surface area contributed by atoms with Crippen molar-refractivity contribution in [1.82, 2.24) is 0 Å². The van der Waals surface area contributed by atoms with Crippen LogP contribution >= 0.6 is 0 Å². The second-order valence-corrected chi connectivity index (χ2v) is 3.54. The van der Waals surface area contributed by atoms with Crippen LogP contribution in [0.2, 0.25) is 0 Å². The van der Waals surface area contributed by atoms with E-state index in [0.717, 1.165) is 16.3 Å². The largest absolute Gasteiger partial charge is 0.427 e. The van der Waals surface area contributed by atoms with Gasteiger partial charge in [0.25, 0.3) is 0 Å². The van der Waals surface area contributed by atoms with Gasteiger partial charge >= 0.3 is 5.97 Å². The van der Waals surface area contributed by atoms with Crippen LogP contribution in [0, 0.1) is 0 Å². The zero-order valence-electron chi connectivity index (χ0n) is 9.07. The average Bonchev–Trinajstić information content (AvgIpc) is 2.27. The number of ether oxygens (including phenoxy) is 1. The number of hydrogen-bond acceptors (Lipinski definition) is 2. The van der Waals surface area contributed by atoms with E-state index < -0.39 is 0 Å². The van der Waals surface area contributed by atoms with E-state index in [4.69, 9.17) is 4.74 Å². The van der Waals surface area contributed by atoms with Crippen molar-refractivity contribution in [2.75, 3.05) is 0 Å². The molecule has 2 aromatic carbocycles. The zero-order valence-corrected chi connectivity index (χ0v) is 9.07. The number of hydrogen-bond donors (Lipinski definition) is 0. The Kier molecular flexibility index (Phi) is 2.73. The Morgan fingerprint density at radius 3 is 2.56 bits per heavy atom. The molecule has 2 heteroatoms. The fraction of sp³-hybridized carbons (Fsp3) is 0.0714. The van der Waals surface area contributed by atoms with E-state index in [2.05, 4.69) is 6.58 Å². The Morgan fingerprint density at radius 1 is 1.12 bits per heavy atom. The second-order valence-electron chi connectivity index (χ2n) is 3.54. The number of fused-ring (bicyclic) bond motifs is 1. The van der Waals surface area contributed by atoms with Gasteiger partial charge in [0.1, 0.15) is 5.76 Å². The molecule has 0 aliphatic rings. The van der Waals surface area contributed by atoms with Crippen molar-refractivity contribution in [2.45, 2.75) is 6.92 Å². The van der Waals surface area contributed by atoms with E-state index in [1.165, 1.54) is 6.92 Å². The van der Waals surface area contributed by atoms with Crippen LogP contribution in [0.4, 0.5) is 0 Å². The molecule has 0 atom stereocenters. The van der Waals surface area contributed by atoms with E-state index in [9.17, 15) is 4.79 Å². The van der Waals surface area contributed by atoms with Crippen molar-refractivity contribution in [3.8, 4) is 0 Å². The Morgan fingerprint density at radius 2 is 1.81 bits per heavy atom. The zero-order chi connectivity index (χ0) is 11.5. The van der Waals surface area contributed by atoms with Crippen molar-refractivity contribution < 1.29 is 9.53 Å². The summed E-state index contributed by atoms with van der Waals surface area (Å²) >= 11 is 0. The molecular weight excluding hydrogens is 200 g/mol. The average molecular weight is 212 g/mol. The lowest BCUT2D eigenvalue weighted by atomic mass is 10.0. The normalized spacial score (nSPS) is 10.1. The maximum Gasteiger partial charge on any atom is 0.308 e. The summed E-state index contributed by atoms with van der Waals surface area (Å²) in [6.45, 7) is 5.14. The van der Waals surface area contributed by atoms with Gasteiger partial charge in [-0.1, -0.05) is 49.0 Å². The Labute approximate surface area is 94.2 Å². The SMILES string of the molecule is C=C(OC(C)=O)c1cccc2ccccc12. The number of carbonyl (C=O) groups excluding carboxylic acids is 1. The van der Waals surface area contributed by atoms with Crippen molar-refractivity contribution in [2.24, 2.45) is 0 Å². The third-order valence-electron chi connectivity index (χ3n) is 2.36. The van der Waals surface area contributed by atoms with Crippen molar-refractivity contribution in [3.05, 3.63) is 54.6 Å². The summed E-state index contributed by atoms with van der Waals surface area (Å²) in [4.78, 5) is 10.9. The summed E-state index contributed by atoms with van der Waals surface area (Å²) in [6.07, 6.45) is 0. The van der Waals surface area contributed by atoms with Crippen molar-refractivity contribution in [1.29, 1.82) is 0 Å². The van der Waals surface area contributed by atoms with Gasteiger partial charge in [-0.05, 0) is 10.8 Å². The summed E-state index contributed by atoms with van der Waals surface area (Å²) in [5.74, 6) is 0.0437. The van der Waals surface area contributed by atoms with Crippen LogP contribution in [0.25, 0.3) is 16.5 Å². The van der Waals surface area contributed by atoms with Gasteiger partial charge < -0.3 is 4.74 Å². The third-order valence-corrected chi connectivity index (χ3v) is 2.36. The Balaban J connectivity index is 2.52. The molecule has 0 heterocycles. The van der Waals surface area contributed by atoms with Crippen LogP contribution in [0.3, 0.4) is 0 Å². The van der Waals surface area contributed by atoms with E-state index in [0.29, 0.717) is 5.76 Å². The molecule has 0 unspecified atom stereocenters. The maximum absolute atomic E-state index is 10.9. The predicted octanol–water partition coefficient (Wildman–Crippen LogP) is 3.37. The van der Waals surface area contributed by atoms with Gasteiger partial charge in [-0.25, -0.2) is 0 Å². The Hall–Kier alpha value is -2.09. The summed E-state index contributed by atoms with van der Waals surface area (Å²) in [7, 11) is 0. The highest BCUT2D eigenvalue weighted by atomic mass is 16.5. The standard InChI is InChI=1S/C14H12O2/c1-10(16-11(2)15)13-9-5-7-12-6-3-4-8-14(12)13/h3-9H,1H2,2H3. The molecule has 0 aromatic heterocycles. The minimum atomic E-state index is -0.349. The van der Waals surface area contributed by atoms with Gasteiger partial charge in [-0.3, -0.25) is 4.79 Å². The maximum atomic E-state index is 10.9. The molecule has 0 saturated carbocycles. The summed E-state index contributed by atoms with van der Waals surface area (Å²) < 4.78 is 5.01. The smallest absolute Gasteiger partial charge is 0.308 e. The van der Waals surface area contributed by atoms with Crippen LogP contribution in [0.15, 0.2) is 49.0 Å². The predicted molar refractivity (Wildman–Crippen MR) is 64.7 cm³/mol. The molecule has 0 spiro atoms. The lowest BCUT2D eigenvalue weighted by Gasteiger charge is -2.08. The van der Waals surface area contributed by atoms with E-state index >= 15 is 0 Å². The molecule has 0 N–H and O–H groups in total. The highest BCUT2D eigenvalue weighted by molar-refractivity contribution is 5.93. The molecule has 0 aliphatic carbocycles. The monoisotopic (exact) mass is 212 g/mol. The third kappa shape index (κ3) is 1.96. The fourth-order valence-corrected chi connectivity index (χ4v) is 1.70. The first-order chi connectivity index (χ1) is 7.68. The molecule has 0 fully saturated rings. The van der Waals surface area contributed by atoms with Crippen LogP contribution in [-0.2, 0) is 9.53 Å². The van der Waals surface area contributed by atoms with Gasteiger partial charge in [0.2, 0.25) is 0 Å². The number of benzene rings is 2. The molecule has 0 radical (unpaired) electrons. The molecule has 2 aromatic rings. The van der Waals surface area contributed by atoms with Crippen molar-refractivity contribution in [3.63, 3.8) is 0 Å². The number of esters is 1.